The molecule has 1 aromatic carbocycles. The van der Waals surface area contributed by atoms with Gasteiger partial charge in [-0.15, -0.1) is 0 Å². The molecule has 88 valence electrons. The van der Waals surface area contributed by atoms with Crippen LogP contribution < -0.4 is 0 Å². The monoisotopic (exact) mass is 218 g/mol. The van der Waals surface area contributed by atoms with Crippen LogP contribution in [0.2, 0.25) is 0 Å². The molecule has 1 aliphatic rings. The van der Waals surface area contributed by atoms with Crippen molar-refractivity contribution < 1.29 is 5.11 Å². The molecule has 16 heavy (non-hydrogen) atoms. The van der Waals surface area contributed by atoms with E-state index >= 15 is 0 Å². The highest BCUT2D eigenvalue weighted by Crippen LogP contribution is 2.38. The molecule has 1 nitrogen and oxygen atoms in total. The molecule has 0 aromatic heterocycles. The van der Waals surface area contributed by atoms with Crippen LogP contribution in [0.1, 0.15) is 37.0 Å². The van der Waals surface area contributed by atoms with Gasteiger partial charge in [0.05, 0.1) is 0 Å². The van der Waals surface area contributed by atoms with Crippen molar-refractivity contribution in [3.63, 3.8) is 0 Å². The third-order valence-corrected chi connectivity index (χ3v) is 4.23. The van der Waals surface area contributed by atoms with Gasteiger partial charge in [-0.05, 0) is 54.2 Å². The zero-order chi connectivity index (χ0) is 11.8. The summed E-state index contributed by atoms with van der Waals surface area (Å²) in [7, 11) is 0. The Labute approximate surface area is 98.5 Å². The van der Waals surface area contributed by atoms with E-state index in [9.17, 15) is 5.11 Å². The Balaban J connectivity index is 2.27. The first kappa shape index (κ1) is 11.7. The van der Waals surface area contributed by atoms with Crippen molar-refractivity contribution in [1.29, 1.82) is 0 Å². The van der Waals surface area contributed by atoms with E-state index in [-0.39, 0.29) is 5.41 Å². The predicted octanol–water partition coefficient (Wildman–Crippen LogP) is 3.12. The third kappa shape index (κ3) is 2.01. The summed E-state index contributed by atoms with van der Waals surface area (Å²) in [5.41, 5.74) is 4.51. The third-order valence-electron chi connectivity index (χ3n) is 4.23. The SMILES string of the molecule is Cc1cccc2c1CC(C(C)(C)CO)CC2. The number of rotatable bonds is 2. The van der Waals surface area contributed by atoms with Crippen molar-refractivity contribution in [2.75, 3.05) is 6.61 Å². The molecule has 1 aromatic rings. The second-order valence-electron chi connectivity index (χ2n) is 5.80. The van der Waals surface area contributed by atoms with Crippen molar-refractivity contribution in [1.82, 2.24) is 0 Å². The Kier molecular flexibility index (Phi) is 3.07. The van der Waals surface area contributed by atoms with Crippen molar-refractivity contribution in [3.05, 3.63) is 34.9 Å². The normalized spacial score (nSPS) is 20.6. The van der Waals surface area contributed by atoms with E-state index in [1.165, 1.54) is 29.5 Å². The number of aliphatic hydroxyl groups excluding tert-OH is 1. The van der Waals surface area contributed by atoms with Crippen LogP contribution in [0.3, 0.4) is 0 Å². The van der Waals surface area contributed by atoms with Gasteiger partial charge in [0, 0.05) is 6.61 Å². The van der Waals surface area contributed by atoms with Crippen molar-refractivity contribution in [2.24, 2.45) is 11.3 Å². The van der Waals surface area contributed by atoms with E-state index in [0.717, 1.165) is 6.42 Å². The Bertz CT molecular complexity index is 379. The molecule has 0 fully saturated rings. The smallest absolute Gasteiger partial charge is 0.0484 e. The van der Waals surface area contributed by atoms with Crippen molar-refractivity contribution in [2.45, 2.75) is 40.0 Å². The fourth-order valence-corrected chi connectivity index (χ4v) is 2.76. The number of benzene rings is 1. The first-order chi connectivity index (χ1) is 7.54. The molecule has 1 unspecified atom stereocenters. The number of fused-ring (bicyclic) bond motifs is 1. The van der Waals surface area contributed by atoms with E-state index in [0.29, 0.717) is 12.5 Å². The van der Waals surface area contributed by atoms with Gasteiger partial charge in [-0.2, -0.15) is 0 Å². The van der Waals surface area contributed by atoms with Crippen LogP contribution in [0.15, 0.2) is 18.2 Å². The topological polar surface area (TPSA) is 20.2 Å². The summed E-state index contributed by atoms with van der Waals surface area (Å²) < 4.78 is 0. The van der Waals surface area contributed by atoms with E-state index in [2.05, 4.69) is 39.0 Å². The van der Waals surface area contributed by atoms with E-state index in [1.54, 1.807) is 0 Å². The highest BCUT2D eigenvalue weighted by molar-refractivity contribution is 5.36. The first-order valence-corrected chi connectivity index (χ1v) is 6.23. The van der Waals surface area contributed by atoms with Crippen molar-refractivity contribution >= 4 is 0 Å². The highest BCUT2D eigenvalue weighted by atomic mass is 16.3. The summed E-state index contributed by atoms with van der Waals surface area (Å²) in [5.74, 6) is 0.617. The minimum absolute atomic E-state index is 0.0555. The minimum Gasteiger partial charge on any atom is -0.396 e. The largest absolute Gasteiger partial charge is 0.396 e. The van der Waals surface area contributed by atoms with Crippen LogP contribution in [0.4, 0.5) is 0 Å². The molecule has 0 aliphatic heterocycles. The lowest BCUT2D eigenvalue weighted by Gasteiger charge is -2.37. The predicted molar refractivity (Wildman–Crippen MR) is 67.6 cm³/mol. The summed E-state index contributed by atoms with van der Waals surface area (Å²) in [6.07, 6.45) is 3.52. The molecule has 1 aliphatic carbocycles. The summed E-state index contributed by atoms with van der Waals surface area (Å²) in [5, 5.41) is 9.46. The number of hydrogen-bond acceptors (Lipinski definition) is 1. The van der Waals surface area contributed by atoms with E-state index in [4.69, 9.17) is 0 Å². The molecule has 0 spiro atoms. The summed E-state index contributed by atoms with van der Waals surface area (Å²) >= 11 is 0. The molecule has 0 saturated heterocycles. The maximum absolute atomic E-state index is 9.46. The molecule has 0 radical (unpaired) electrons. The molecule has 0 bridgehead atoms. The van der Waals surface area contributed by atoms with Crippen LogP contribution in [0.25, 0.3) is 0 Å². The zero-order valence-electron chi connectivity index (χ0n) is 10.6. The second-order valence-corrected chi connectivity index (χ2v) is 5.80. The van der Waals surface area contributed by atoms with Crippen molar-refractivity contribution in [3.8, 4) is 0 Å². The van der Waals surface area contributed by atoms with Crippen LogP contribution in [0, 0.1) is 18.3 Å². The Morgan fingerprint density at radius 3 is 2.81 bits per heavy atom. The molecular formula is C15H22O. The fourth-order valence-electron chi connectivity index (χ4n) is 2.76. The van der Waals surface area contributed by atoms with Gasteiger partial charge in [-0.1, -0.05) is 32.0 Å². The van der Waals surface area contributed by atoms with Gasteiger partial charge in [-0.3, -0.25) is 0 Å². The van der Waals surface area contributed by atoms with Gasteiger partial charge >= 0.3 is 0 Å². The van der Waals surface area contributed by atoms with E-state index in [1.807, 2.05) is 0 Å². The van der Waals surface area contributed by atoms with Gasteiger partial charge in [0.25, 0.3) is 0 Å². The molecular weight excluding hydrogens is 196 g/mol. The van der Waals surface area contributed by atoms with E-state index < -0.39 is 0 Å². The number of aryl methyl sites for hydroxylation is 2. The van der Waals surface area contributed by atoms with Gasteiger partial charge in [0.2, 0.25) is 0 Å². The summed E-state index contributed by atoms with van der Waals surface area (Å²) in [6, 6.07) is 6.61. The van der Waals surface area contributed by atoms with Gasteiger partial charge in [0.1, 0.15) is 0 Å². The Morgan fingerprint density at radius 1 is 1.38 bits per heavy atom. The van der Waals surface area contributed by atoms with Gasteiger partial charge in [-0.25, -0.2) is 0 Å². The summed E-state index contributed by atoms with van der Waals surface area (Å²) in [4.78, 5) is 0. The van der Waals surface area contributed by atoms with Gasteiger partial charge in [0.15, 0.2) is 0 Å². The minimum atomic E-state index is 0.0555. The average molecular weight is 218 g/mol. The maximum atomic E-state index is 9.46. The lowest BCUT2D eigenvalue weighted by atomic mass is 9.69. The molecule has 0 heterocycles. The maximum Gasteiger partial charge on any atom is 0.0484 e. The summed E-state index contributed by atoms with van der Waals surface area (Å²) in [6.45, 7) is 6.86. The first-order valence-electron chi connectivity index (χ1n) is 6.23. The van der Waals surface area contributed by atoms with Crippen LogP contribution in [0.5, 0.6) is 0 Å². The number of aliphatic hydroxyl groups is 1. The average Bonchev–Trinajstić information content (AvgIpc) is 2.29. The quantitative estimate of drug-likeness (QED) is 0.808. The molecule has 1 N–H and O–H groups in total. The molecule has 1 heteroatoms. The van der Waals surface area contributed by atoms with Crippen LogP contribution >= 0.6 is 0 Å². The second kappa shape index (κ2) is 4.21. The van der Waals surface area contributed by atoms with Gasteiger partial charge < -0.3 is 5.11 Å². The zero-order valence-corrected chi connectivity index (χ0v) is 10.6. The molecule has 0 saturated carbocycles. The van der Waals surface area contributed by atoms with Crippen LogP contribution in [-0.4, -0.2) is 11.7 Å². The Morgan fingerprint density at radius 2 is 2.12 bits per heavy atom. The number of hydrogen-bond donors (Lipinski definition) is 1. The molecule has 1 atom stereocenters. The standard InChI is InChI=1S/C15H22O/c1-11-5-4-6-12-7-8-13(9-14(11)12)15(2,3)10-16/h4-6,13,16H,7-10H2,1-3H3. The lowest BCUT2D eigenvalue weighted by Crippen LogP contribution is -2.32. The molecule has 2 rings (SSSR count). The van der Waals surface area contributed by atoms with Crippen LogP contribution in [-0.2, 0) is 12.8 Å². The molecule has 0 amide bonds. The highest BCUT2D eigenvalue weighted by Gasteiger charge is 2.32. The fraction of sp³-hybridized carbons (Fsp3) is 0.600. The Hall–Kier alpha value is -0.820. The lowest BCUT2D eigenvalue weighted by molar-refractivity contribution is 0.0874.